The van der Waals surface area contributed by atoms with E-state index in [1.165, 1.54) is 0 Å². The average molecular weight is 239 g/mol. The molecule has 1 aromatic carbocycles. The molecule has 1 aromatic heterocycles. The van der Waals surface area contributed by atoms with Crippen molar-refractivity contribution in [3.8, 4) is 17.0 Å². The summed E-state index contributed by atoms with van der Waals surface area (Å²) < 4.78 is 5.67. The number of hydrogen-bond donors (Lipinski definition) is 0. The SMILES string of the molecule is Cc1cccnc1-c1cccc2c1OCCC2=O. The first-order chi connectivity index (χ1) is 8.77. The maximum absolute atomic E-state index is 11.9. The number of ether oxygens (including phenoxy) is 1. The summed E-state index contributed by atoms with van der Waals surface area (Å²) in [5.41, 5.74) is 3.53. The number of nitrogens with zero attached hydrogens (tertiary/aromatic N) is 1. The molecule has 3 rings (SSSR count). The minimum absolute atomic E-state index is 0.145. The van der Waals surface area contributed by atoms with Crippen molar-refractivity contribution < 1.29 is 9.53 Å². The van der Waals surface area contributed by atoms with Gasteiger partial charge in [0.15, 0.2) is 5.78 Å². The third kappa shape index (κ3) is 1.68. The van der Waals surface area contributed by atoms with Gasteiger partial charge in [0.2, 0.25) is 0 Å². The van der Waals surface area contributed by atoms with Crippen LogP contribution in [-0.4, -0.2) is 17.4 Å². The fraction of sp³-hybridized carbons (Fsp3) is 0.200. The van der Waals surface area contributed by atoms with E-state index in [1.54, 1.807) is 6.20 Å². The van der Waals surface area contributed by atoms with Crippen molar-refractivity contribution in [2.75, 3.05) is 6.61 Å². The van der Waals surface area contributed by atoms with Crippen LogP contribution in [0.2, 0.25) is 0 Å². The molecule has 0 saturated carbocycles. The molecule has 0 aliphatic carbocycles. The van der Waals surface area contributed by atoms with Gasteiger partial charge in [-0.05, 0) is 30.7 Å². The van der Waals surface area contributed by atoms with Gasteiger partial charge in [0.1, 0.15) is 5.75 Å². The molecule has 0 unspecified atom stereocenters. The molecule has 0 saturated heterocycles. The Balaban J connectivity index is 2.22. The van der Waals surface area contributed by atoms with Gasteiger partial charge < -0.3 is 4.74 Å². The van der Waals surface area contributed by atoms with E-state index in [9.17, 15) is 4.79 Å². The van der Waals surface area contributed by atoms with Gasteiger partial charge in [0.25, 0.3) is 0 Å². The fourth-order valence-corrected chi connectivity index (χ4v) is 2.25. The Labute approximate surface area is 105 Å². The van der Waals surface area contributed by atoms with Crippen LogP contribution >= 0.6 is 0 Å². The number of para-hydroxylation sites is 1. The van der Waals surface area contributed by atoms with E-state index in [1.807, 2.05) is 37.3 Å². The van der Waals surface area contributed by atoms with E-state index in [0.29, 0.717) is 24.3 Å². The van der Waals surface area contributed by atoms with E-state index in [4.69, 9.17) is 4.74 Å². The van der Waals surface area contributed by atoms with Gasteiger partial charge >= 0.3 is 0 Å². The van der Waals surface area contributed by atoms with Crippen LogP contribution < -0.4 is 4.74 Å². The topological polar surface area (TPSA) is 39.2 Å². The van der Waals surface area contributed by atoms with Gasteiger partial charge in [0, 0.05) is 18.2 Å². The van der Waals surface area contributed by atoms with Crippen molar-refractivity contribution in [2.45, 2.75) is 13.3 Å². The van der Waals surface area contributed by atoms with Crippen molar-refractivity contribution in [1.82, 2.24) is 4.98 Å². The predicted molar refractivity (Wildman–Crippen MR) is 68.9 cm³/mol. The van der Waals surface area contributed by atoms with Crippen molar-refractivity contribution in [2.24, 2.45) is 0 Å². The Morgan fingerprint density at radius 2 is 2.00 bits per heavy atom. The Bertz CT molecular complexity index is 620. The van der Waals surface area contributed by atoms with Gasteiger partial charge in [-0.1, -0.05) is 12.1 Å². The summed E-state index contributed by atoms with van der Waals surface area (Å²) in [6.07, 6.45) is 2.21. The maximum Gasteiger partial charge on any atom is 0.170 e. The molecule has 90 valence electrons. The lowest BCUT2D eigenvalue weighted by Crippen LogP contribution is -2.16. The first-order valence-corrected chi connectivity index (χ1v) is 5.98. The highest BCUT2D eigenvalue weighted by atomic mass is 16.5. The Morgan fingerprint density at radius 3 is 2.83 bits per heavy atom. The van der Waals surface area contributed by atoms with Crippen LogP contribution in [0.5, 0.6) is 5.75 Å². The molecule has 1 aliphatic rings. The highest BCUT2D eigenvalue weighted by Crippen LogP contribution is 2.36. The lowest BCUT2D eigenvalue weighted by Gasteiger charge is -2.19. The standard InChI is InChI=1S/C15H13NO2/c1-10-4-3-8-16-14(10)12-6-2-5-11-13(17)7-9-18-15(11)12/h2-6,8H,7,9H2,1H3. The number of benzene rings is 1. The van der Waals surface area contributed by atoms with Crippen molar-refractivity contribution in [1.29, 1.82) is 0 Å². The van der Waals surface area contributed by atoms with Crippen LogP contribution in [0, 0.1) is 6.92 Å². The molecule has 0 spiro atoms. The van der Waals surface area contributed by atoms with Crippen LogP contribution in [0.15, 0.2) is 36.5 Å². The van der Waals surface area contributed by atoms with Crippen molar-refractivity contribution in [3.05, 3.63) is 47.7 Å². The zero-order valence-electron chi connectivity index (χ0n) is 10.1. The molecule has 18 heavy (non-hydrogen) atoms. The molecular weight excluding hydrogens is 226 g/mol. The summed E-state index contributed by atoms with van der Waals surface area (Å²) in [5, 5.41) is 0. The van der Waals surface area contributed by atoms with Crippen molar-refractivity contribution >= 4 is 5.78 Å². The summed E-state index contributed by atoms with van der Waals surface area (Å²) in [6, 6.07) is 9.56. The van der Waals surface area contributed by atoms with Gasteiger partial charge in [-0.15, -0.1) is 0 Å². The monoisotopic (exact) mass is 239 g/mol. The van der Waals surface area contributed by atoms with Crippen LogP contribution in [0.3, 0.4) is 0 Å². The normalized spacial score (nSPS) is 13.9. The average Bonchev–Trinajstić information content (AvgIpc) is 2.40. The second-order valence-corrected chi connectivity index (χ2v) is 4.37. The highest BCUT2D eigenvalue weighted by molar-refractivity contribution is 6.01. The van der Waals surface area contributed by atoms with Crippen LogP contribution in [-0.2, 0) is 0 Å². The number of carbonyl (C=O) groups excluding carboxylic acids is 1. The Morgan fingerprint density at radius 1 is 1.17 bits per heavy atom. The summed E-state index contributed by atoms with van der Waals surface area (Å²) in [5.74, 6) is 0.822. The molecule has 3 heteroatoms. The maximum atomic E-state index is 11.9. The van der Waals surface area contributed by atoms with E-state index >= 15 is 0 Å². The van der Waals surface area contributed by atoms with E-state index < -0.39 is 0 Å². The fourth-order valence-electron chi connectivity index (χ4n) is 2.25. The molecule has 0 radical (unpaired) electrons. The van der Waals surface area contributed by atoms with Gasteiger partial charge in [0.05, 0.1) is 17.9 Å². The zero-order valence-corrected chi connectivity index (χ0v) is 10.1. The summed E-state index contributed by atoms with van der Waals surface area (Å²) in [7, 11) is 0. The minimum atomic E-state index is 0.145. The van der Waals surface area contributed by atoms with Crippen molar-refractivity contribution in [3.63, 3.8) is 0 Å². The molecule has 0 N–H and O–H groups in total. The van der Waals surface area contributed by atoms with Crippen LogP contribution in [0.25, 0.3) is 11.3 Å². The third-order valence-corrected chi connectivity index (χ3v) is 3.16. The molecule has 2 aromatic rings. The first kappa shape index (κ1) is 11.0. The molecule has 1 aliphatic heterocycles. The van der Waals surface area contributed by atoms with Crippen LogP contribution in [0.1, 0.15) is 22.3 Å². The molecule has 0 bridgehead atoms. The smallest absolute Gasteiger partial charge is 0.170 e. The molecule has 3 nitrogen and oxygen atoms in total. The van der Waals surface area contributed by atoms with E-state index in [0.717, 1.165) is 16.8 Å². The third-order valence-electron chi connectivity index (χ3n) is 3.16. The lowest BCUT2D eigenvalue weighted by atomic mass is 9.98. The zero-order chi connectivity index (χ0) is 12.5. The predicted octanol–water partition coefficient (Wildman–Crippen LogP) is 3.02. The number of rotatable bonds is 1. The number of hydrogen-bond acceptors (Lipinski definition) is 3. The summed E-state index contributed by atoms with van der Waals surface area (Å²) in [4.78, 5) is 16.2. The summed E-state index contributed by atoms with van der Waals surface area (Å²) in [6.45, 7) is 2.46. The van der Waals surface area contributed by atoms with Gasteiger partial charge in [-0.25, -0.2) is 0 Å². The lowest BCUT2D eigenvalue weighted by molar-refractivity contribution is 0.0934. The largest absolute Gasteiger partial charge is 0.492 e. The Kier molecular flexibility index (Phi) is 2.59. The molecule has 0 fully saturated rings. The summed E-state index contributed by atoms with van der Waals surface area (Å²) >= 11 is 0. The number of carbonyl (C=O) groups is 1. The molecule has 2 heterocycles. The number of aromatic nitrogens is 1. The molecule has 0 atom stereocenters. The number of Topliss-reactive ketones (excluding diaryl/α,β-unsaturated/α-hetero) is 1. The quantitative estimate of drug-likeness (QED) is 0.767. The number of fused-ring (bicyclic) bond motifs is 1. The second kappa shape index (κ2) is 4.26. The number of aryl methyl sites for hydroxylation is 1. The minimum Gasteiger partial charge on any atom is -0.492 e. The number of pyridine rings is 1. The van der Waals surface area contributed by atoms with Crippen LogP contribution in [0.4, 0.5) is 0 Å². The first-order valence-electron chi connectivity index (χ1n) is 5.98. The second-order valence-electron chi connectivity index (χ2n) is 4.37. The van der Waals surface area contributed by atoms with E-state index in [-0.39, 0.29) is 5.78 Å². The number of ketones is 1. The van der Waals surface area contributed by atoms with E-state index in [2.05, 4.69) is 4.98 Å². The van der Waals surface area contributed by atoms with Gasteiger partial charge in [-0.3, -0.25) is 9.78 Å². The van der Waals surface area contributed by atoms with Gasteiger partial charge in [-0.2, -0.15) is 0 Å². The molecular formula is C15H13NO2. The highest BCUT2D eigenvalue weighted by Gasteiger charge is 2.22. The molecule has 0 amide bonds. The Hall–Kier alpha value is -2.16.